The molecule has 0 amide bonds. The van der Waals surface area contributed by atoms with Crippen molar-refractivity contribution in [2.45, 2.75) is 77.2 Å². The Kier molecular flexibility index (Phi) is 6.44. The van der Waals surface area contributed by atoms with Gasteiger partial charge in [-0.25, -0.2) is 9.97 Å². The summed E-state index contributed by atoms with van der Waals surface area (Å²) < 4.78 is 0. The summed E-state index contributed by atoms with van der Waals surface area (Å²) in [5.41, 5.74) is 1.46. The molecule has 4 nitrogen and oxygen atoms in total. The molecule has 0 saturated heterocycles. The van der Waals surface area contributed by atoms with Crippen LogP contribution in [0.3, 0.4) is 0 Å². The maximum absolute atomic E-state index is 9.58. The number of fused-ring (bicyclic) bond motifs is 3. The van der Waals surface area contributed by atoms with E-state index < -0.39 is 0 Å². The summed E-state index contributed by atoms with van der Waals surface area (Å²) in [4.78, 5) is 11.6. The molecule has 0 aliphatic heterocycles. The molecule has 2 aromatic rings. The van der Waals surface area contributed by atoms with Crippen molar-refractivity contribution in [3.05, 3.63) is 16.8 Å². The van der Waals surface area contributed by atoms with Crippen molar-refractivity contribution in [3.63, 3.8) is 0 Å². The maximum Gasteiger partial charge on any atom is 0.138 e. The highest BCUT2D eigenvalue weighted by atomic mass is 32.1. The summed E-state index contributed by atoms with van der Waals surface area (Å²) in [6.45, 7) is 2.32. The van der Waals surface area contributed by atoms with E-state index in [0.29, 0.717) is 6.54 Å². The Morgan fingerprint density at radius 2 is 1.71 bits per heavy atom. The fourth-order valence-corrected chi connectivity index (χ4v) is 4.76. The second kappa shape index (κ2) is 8.77. The summed E-state index contributed by atoms with van der Waals surface area (Å²) in [5.74, 6) is 0.894. The zero-order valence-corrected chi connectivity index (χ0v) is 15.5. The van der Waals surface area contributed by atoms with Crippen LogP contribution in [0.1, 0.15) is 68.7 Å². The molecule has 1 atom stereocenters. The predicted molar refractivity (Wildman–Crippen MR) is 102 cm³/mol. The molecule has 0 fully saturated rings. The lowest BCUT2D eigenvalue weighted by molar-refractivity contribution is 0.208. The average molecular weight is 348 g/mol. The lowest BCUT2D eigenvalue weighted by Gasteiger charge is -2.11. The van der Waals surface area contributed by atoms with Gasteiger partial charge >= 0.3 is 0 Å². The van der Waals surface area contributed by atoms with Gasteiger partial charge in [0.1, 0.15) is 17.0 Å². The van der Waals surface area contributed by atoms with E-state index >= 15 is 0 Å². The van der Waals surface area contributed by atoms with E-state index in [-0.39, 0.29) is 6.10 Å². The second-order valence-electron chi connectivity index (χ2n) is 6.96. The summed E-state index contributed by atoms with van der Waals surface area (Å²) >= 11 is 1.85. The summed E-state index contributed by atoms with van der Waals surface area (Å²) in [7, 11) is 0. The zero-order valence-electron chi connectivity index (χ0n) is 14.7. The van der Waals surface area contributed by atoms with Gasteiger partial charge in [0.05, 0.1) is 11.5 Å². The Hall–Kier alpha value is -1.20. The molecule has 0 spiro atoms. The quantitative estimate of drug-likeness (QED) is 0.844. The third-order valence-corrected chi connectivity index (χ3v) is 6.02. The number of aromatic nitrogens is 2. The van der Waals surface area contributed by atoms with Crippen LogP contribution in [0.2, 0.25) is 0 Å². The molecule has 1 aliphatic rings. The van der Waals surface area contributed by atoms with Crippen molar-refractivity contribution in [2.75, 3.05) is 11.9 Å². The third kappa shape index (κ3) is 4.45. The molecule has 0 unspecified atom stereocenters. The van der Waals surface area contributed by atoms with Gasteiger partial charge in [-0.2, -0.15) is 0 Å². The second-order valence-corrected chi connectivity index (χ2v) is 8.05. The van der Waals surface area contributed by atoms with Crippen molar-refractivity contribution in [3.8, 4) is 0 Å². The summed E-state index contributed by atoms with van der Waals surface area (Å²) in [5, 5.41) is 14.1. The van der Waals surface area contributed by atoms with Gasteiger partial charge in [0.2, 0.25) is 0 Å². The van der Waals surface area contributed by atoms with Gasteiger partial charge in [-0.05, 0) is 38.2 Å². The molecule has 2 N–H and O–H groups in total. The fourth-order valence-electron chi connectivity index (χ4n) is 3.53. The van der Waals surface area contributed by atoms with Crippen LogP contribution in [0, 0.1) is 0 Å². The summed E-state index contributed by atoms with van der Waals surface area (Å²) in [6, 6.07) is 0. The van der Waals surface area contributed by atoms with Gasteiger partial charge in [-0.3, -0.25) is 0 Å². The van der Waals surface area contributed by atoms with Crippen molar-refractivity contribution >= 4 is 27.4 Å². The number of aryl methyl sites for hydroxylation is 2. The first-order chi connectivity index (χ1) is 11.8. The molecular formula is C19H29N3OS. The van der Waals surface area contributed by atoms with Crippen LogP contribution in [0.5, 0.6) is 0 Å². The molecule has 132 valence electrons. The van der Waals surface area contributed by atoms with Crippen LogP contribution in [0.25, 0.3) is 10.2 Å². The molecule has 0 radical (unpaired) electrons. The van der Waals surface area contributed by atoms with Crippen molar-refractivity contribution in [1.29, 1.82) is 0 Å². The van der Waals surface area contributed by atoms with Crippen LogP contribution in [0.15, 0.2) is 6.33 Å². The molecule has 2 heterocycles. The Balaban J connectivity index is 1.91. The average Bonchev–Trinajstić information content (AvgIpc) is 2.91. The van der Waals surface area contributed by atoms with E-state index in [1.54, 1.807) is 13.3 Å². The first-order valence-electron chi connectivity index (χ1n) is 9.43. The number of aliphatic hydroxyl groups excluding tert-OH is 1. The number of anilines is 1. The molecule has 3 rings (SSSR count). The normalized spacial score (nSPS) is 18.4. The Bertz CT molecular complexity index is 653. The van der Waals surface area contributed by atoms with Gasteiger partial charge in [-0.1, -0.05) is 38.5 Å². The van der Waals surface area contributed by atoms with Crippen molar-refractivity contribution in [1.82, 2.24) is 9.97 Å². The molecule has 0 aromatic carbocycles. The smallest absolute Gasteiger partial charge is 0.138 e. The number of nitrogens with zero attached hydrogens (tertiary/aromatic N) is 2. The highest BCUT2D eigenvalue weighted by molar-refractivity contribution is 7.18. The molecule has 2 aromatic heterocycles. The molecule has 5 heteroatoms. The standard InChI is InChI=1S/C19H29N3OS/c1-14(23)12-20-18-17-15-10-8-6-4-2-3-5-7-9-11-16(15)24-19(17)22-13-21-18/h13-14,23H,2-12H2,1H3,(H,20,21,22)/t14-/m1/s1. The van der Waals surface area contributed by atoms with Crippen LogP contribution >= 0.6 is 11.3 Å². The Morgan fingerprint density at radius 3 is 2.42 bits per heavy atom. The Labute approximate surface area is 148 Å². The lowest BCUT2D eigenvalue weighted by atomic mass is 9.98. The first-order valence-corrected chi connectivity index (χ1v) is 10.2. The van der Waals surface area contributed by atoms with Gasteiger partial charge in [-0.15, -0.1) is 11.3 Å². The van der Waals surface area contributed by atoms with E-state index in [1.807, 2.05) is 11.3 Å². The molecule has 0 saturated carbocycles. The SMILES string of the molecule is C[C@@H](O)CNc1ncnc2sc3c(c12)CCCCCCCCCC3. The number of nitrogens with one attached hydrogen (secondary N) is 1. The van der Waals surface area contributed by atoms with Gasteiger partial charge in [0, 0.05) is 11.4 Å². The van der Waals surface area contributed by atoms with Crippen LogP contribution in [0.4, 0.5) is 5.82 Å². The van der Waals surface area contributed by atoms with Crippen LogP contribution in [-0.2, 0) is 12.8 Å². The van der Waals surface area contributed by atoms with Crippen molar-refractivity contribution in [2.24, 2.45) is 0 Å². The van der Waals surface area contributed by atoms with Gasteiger partial charge < -0.3 is 10.4 Å². The summed E-state index contributed by atoms with van der Waals surface area (Å²) in [6.07, 6.45) is 14.3. The van der Waals surface area contributed by atoms with Crippen LogP contribution in [-0.4, -0.2) is 27.7 Å². The topological polar surface area (TPSA) is 58.0 Å². The number of hydrogen-bond acceptors (Lipinski definition) is 5. The van der Waals surface area contributed by atoms with Crippen molar-refractivity contribution < 1.29 is 5.11 Å². The highest BCUT2D eigenvalue weighted by Gasteiger charge is 2.17. The lowest BCUT2D eigenvalue weighted by Crippen LogP contribution is -2.16. The third-order valence-electron chi connectivity index (χ3n) is 4.82. The largest absolute Gasteiger partial charge is 0.392 e. The number of aliphatic hydroxyl groups is 1. The van der Waals surface area contributed by atoms with E-state index in [2.05, 4.69) is 15.3 Å². The van der Waals surface area contributed by atoms with E-state index in [4.69, 9.17) is 0 Å². The fraction of sp³-hybridized carbons (Fsp3) is 0.684. The minimum atomic E-state index is -0.380. The minimum absolute atomic E-state index is 0.380. The minimum Gasteiger partial charge on any atom is -0.392 e. The molecule has 24 heavy (non-hydrogen) atoms. The molecule has 1 aliphatic carbocycles. The maximum atomic E-state index is 9.58. The number of hydrogen-bond donors (Lipinski definition) is 2. The monoisotopic (exact) mass is 347 g/mol. The van der Waals surface area contributed by atoms with Gasteiger partial charge in [0.15, 0.2) is 0 Å². The van der Waals surface area contributed by atoms with Gasteiger partial charge in [0.25, 0.3) is 0 Å². The van der Waals surface area contributed by atoms with Crippen LogP contribution < -0.4 is 5.32 Å². The number of rotatable bonds is 3. The Morgan fingerprint density at radius 1 is 1.04 bits per heavy atom. The predicted octanol–water partition coefficient (Wildman–Crippen LogP) is 4.70. The zero-order chi connectivity index (χ0) is 16.8. The highest BCUT2D eigenvalue weighted by Crippen LogP contribution is 2.36. The molecular weight excluding hydrogens is 318 g/mol. The van der Waals surface area contributed by atoms with E-state index in [1.165, 1.54) is 73.6 Å². The number of thiophene rings is 1. The molecule has 0 bridgehead atoms. The van der Waals surface area contributed by atoms with E-state index in [0.717, 1.165) is 17.1 Å². The first kappa shape index (κ1) is 17.6. The van der Waals surface area contributed by atoms with E-state index in [9.17, 15) is 5.11 Å².